The van der Waals surface area contributed by atoms with E-state index in [4.69, 9.17) is 10.00 Å². The molecule has 1 aromatic rings. The molecule has 3 rings (SSSR count). The van der Waals surface area contributed by atoms with E-state index in [-0.39, 0.29) is 23.2 Å². The maximum absolute atomic E-state index is 14.4. The molecular weight excluding hydrogens is 302 g/mol. The van der Waals surface area contributed by atoms with Crippen molar-refractivity contribution in [2.24, 2.45) is 5.92 Å². The summed E-state index contributed by atoms with van der Waals surface area (Å²) in [5, 5.41) is 19.5. The third-order valence-electron chi connectivity index (χ3n) is 5.05. The highest BCUT2D eigenvalue weighted by atomic mass is 19.1. The topological polar surface area (TPSA) is 56.5 Å². The van der Waals surface area contributed by atoms with Crippen molar-refractivity contribution in [1.82, 2.24) is 0 Å². The fourth-order valence-corrected chi connectivity index (χ4v) is 3.77. The van der Waals surface area contributed by atoms with Crippen LogP contribution in [-0.4, -0.2) is 36.5 Å². The molecule has 2 fully saturated rings. The molecule has 124 valence electrons. The number of halogens is 2. The number of ether oxygens (including phenoxy) is 1. The van der Waals surface area contributed by atoms with E-state index < -0.39 is 17.2 Å². The van der Waals surface area contributed by atoms with Crippen molar-refractivity contribution in [1.29, 1.82) is 5.26 Å². The zero-order valence-electron chi connectivity index (χ0n) is 13.1. The van der Waals surface area contributed by atoms with Gasteiger partial charge in [0.05, 0.1) is 23.8 Å². The van der Waals surface area contributed by atoms with Crippen LogP contribution in [0.25, 0.3) is 0 Å². The summed E-state index contributed by atoms with van der Waals surface area (Å²) in [6.45, 7) is 3.17. The minimum absolute atomic E-state index is 0.0347. The molecule has 0 saturated carbocycles. The molecule has 1 N–H and O–H groups in total. The molecule has 2 saturated heterocycles. The lowest BCUT2D eigenvalue weighted by Gasteiger charge is -2.43. The third kappa shape index (κ3) is 2.91. The van der Waals surface area contributed by atoms with E-state index >= 15 is 0 Å². The van der Waals surface area contributed by atoms with E-state index in [2.05, 4.69) is 0 Å². The summed E-state index contributed by atoms with van der Waals surface area (Å²) in [7, 11) is 0. The van der Waals surface area contributed by atoms with Crippen LogP contribution in [0.5, 0.6) is 0 Å². The van der Waals surface area contributed by atoms with Crippen LogP contribution in [0, 0.1) is 28.9 Å². The van der Waals surface area contributed by atoms with Gasteiger partial charge >= 0.3 is 0 Å². The average molecular weight is 322 g/mol. The molecule has 0 unspecified atom stereocenters. The number of hydrogen-bond acceptors (Lipinski definition) is 4. The minimum atomic E-state index is -0.912. The fourth-order valence-electron chi connectivity index (χ4n) is 3.77. The molecule has 6 heteroatoms. The summed E-state index contributed by atoms with van der Waals surface area (Å²) >= 11 is 0. The van der Waals surface area contributed by atoms with Crippen molar-refractivity contribution < 1.29 is 18.6 Å². The first-order valence-corrected chi connectivity index (χ1v) is 7.90. The van der Waals surface area contributed by atoms with Gasteiger partial charge in [0.25, 0.3) is 0 Å². The fraction of sp³-hybridized carbons (Fsp3) is 0.588. The second kappa shape index (κ2) is 6.06. The minimum Gasteiger partial charge on any atom is -0.390 e. The van der Waals surface area contributed by atoms with E-state index in [1.165, 1.54) is 0 Å². The van der Waals surface area contributed by atoms with Gasteiger partial charge in [0.15, 0.2) is 11.6 Å². The first-order chi connectivity index (χ1) is 10.9. The standard InChI is InChI=1S/C17H20F2N2O2/c1-17(22)4-6-23-10-12(17)15-3-2-5-21(15)16-13(18)7-11(9-20)8-14(16)19/h7-8,12,15,22H,2-6,10H2,1H3/t12-,15-,17+/m1/s1. The van der Waals surface area contributed by atoms with Gasteiger partial charge in [-0.1, -0.05) is 0 Å². The van der Waals surface area contributed by atoms with Crippen LogP contribution in [0.4, 0.5) is 14.5 Å². The van der Waals surface area contributed by atoms with Gasteiger partial charge < -0.3 is 14.7 Å². The van der Waals surface area contributed by atoms with E-state index in [0.29, 0.717) is 26.2 Å². The quantitative estimate of drug-likeness (QED) is 0.909. The van der Waals surface area contributed by atoms with Gasteiger partial charge in [0.1, 0.15) is 5.69 Å². The predicted octanol–water partition coefficient (Wildman–Crippen LogP) is 2.59. The van der Waals surface area contributed by atoms with Gasteiger partial charge in [-0.05, 0) is 38.3 Å². The predicted molar refractivity (Wildman–Crippen MR) is 81.0 cm³/mol. The summed E-state index contributed by atoms with van der Waals surface area (Å²) in [5.41, 5.74) is -1.05. The number of aliphatic hydroxyl groups is 1. The van der Waals surface area contributed by atoms with Gasteiger partial charge in [0, 0.05) is 25.1 Å². The molecule has 2 aliphatic rings. The van der Waals surface area contributed by atoms with Crippen LogP contribution in [0.1, 0.15) is 31.7 Å². The van der Waals surface area contributed by atoms with Gasteiger partial charge in [0.2, 0.25) is 0 Å². The molecule has 0 spiro atoms. The lowest BCUT2D eigenvalue weighted by atomic mass is 9.79. The summed E-state index contributed by atoms with van der Waals surface area (Å²) < 4.78 is 34.2. The van der Waals surface area contributed by atoms with Crippen molar-refractivity contribution >= 4 is 5.69 Å². The largest absolute Gasteiger partial charge is 0.390 e. The number of rotatable bonds is 2. The Labute approximate surface area is 134 Å². The Morgan fingerprint density at radius 2 is 2.09 bits per heavy atom. The Kier molecular flexibility index (Phi) is 4.26. The van der Waals surface area contributed by atoms with Crippen molar-refractivity contribution in [2.45, 2.75) is 37.8 Å². The monoisotopic (exact) mass is 322 g/mol. The molecule has 0 radical (unpaired) electrons. The molecule has 2 heterocycles. The highest BCUT2D eigenvalue weighted by molar-refractivity contribution is 5.54. The molecule has 0 aromatic heterocycles. The Morgan fingerprint density at radius 3 is 2.70 bits per heavy atom. The lowest BCUT2D eigenvalue weighted by Crippen LogP contribution is -2.52. The normalized spacial score (nSPS) is 31.2. The molecule has 3 atom stereocenters. The van der Waals surface area contributed by atoms with Crippen LogP contribution in [-0.2, 0) is 4.74 Å². The van der Waals surface area contributed by atoms with E-state index in [0.717, 1.165) is 25.0 Å². The SMILES string of the molecule is C[C@]1(O)CCOC[C@@H]1[C@H]1CCCN1c1c(F)cc(C#N)cc1F. The first-order valence-electron chi connectivity index (χ1n) is 7.90. The number of anilines is 1. The van der Waals surface area contributed by atoms with Crippen molar-refractivity contribution in [3.63, 3.8) is 0 Å². The highest BCUT2D eigenvalue weighted by Crippen LogP contribution is 2.39. The zero-order valence-corrected chi connectivity index (χ0v) is 13.1. The van der Waals surface area contributed by atoms with Crippen molar-refractivity contribution in [2.75, 3.05) is 24.7 Å². The second-order valence-electron chi connectivity index (χ2n) is 6.59. The Bertz CT molecular complexity index is 619. The maximum Gasteiger partial charge on any atom is 0.150 e. The van der Waals surface area contributed by atoms with Gasteiger partial charge in [-0.2, -0.15) is 5.26 Å². The van der Waals surface area contributed by atoms with Gasteiger partial charge in [-0.25, -0.2) is 8.78 Å². The molecule has 0 bridgehead atoms. The van der Waals surface area contributed by atoms with E-state index in [1.807, 2.05) is 0 Å². The summed E-state index contributed by atoms with van der Waals surface area (Å²) in [4.78, 5) is 1.69. The maximum atomic E-state index is 14.4. The molecule has 23 heavy (non-hydrogen) atoms. The number of benzene rings is 1. The number of nitriles is 1. The van der Waals surface area contributed by atoms with Crippen LogP contribution >= 0.6 is 0 Å². The summed E-state index contributed by atoms with van der Waals surface area (Å²) in [6.07, 6.45) is 2.07. The van der Waals surface area contributed by atoms with Crippen LogP contribution in [0.2, 0.25) is 0 Å². The molecule has 2 aliphatic heterocycles. The molecule has 0 aliphatic carbocycles. The van der Waals surface area contributed by atoms with Crippen LogP contribution < -0.4 is 4.90 Å². The van der Waals surface area contributed by atoms with Crippen molar-refractivity contribution in [3.8, 4) is 6.07 Å². The van der Waals surface area contributed by atoms with E-state index in [9.17, 15) is 13.9 Å². The van der Waals surface area contributed by atoms with Crippen LogP contribution in [0.3, 0.4) is 0 Å². The van der Waals surface area contributed by atoms with Crippen LogP contribution in [0.15, 0.2) is 12.1 Å². The number of hydrogen-bond donors (Lipinski definition) is 1. The molecule has 1 aromatic carbocycles. The van der Waals surface area contributed by atoms with Gasteiger partial charge in [-0.3, -0.25) is 0 Å². The second-order valence-corrected chi connectivity index (χ2v) is 6.59. The summed E-state index contributed by atoms with van der Waals surface area (Å²) in [5.74, 6) is -1.66. The first kappa shape index (κ1) is 16.2. The van der Waals surface area contributed by atoms with Crippen molar-refractivity contribution in [3.05, 3.63) is 29.3 Å². The highest BCUT2D eigenvalue weighted by Gasteiger charge is 2.45. The number of nitrogens with zero attached hydrogens (tertiary/aromatic N) is 2. The zero-order chi connectivity index (χ0) is 16.6. The van der Waals surface area contributed by atoms with Gasteiger partial charge in [-0.15, -0.1) is 0 Å². The lowest BCUT2D eigenvalue weighted by molar-refractivity contribution is -0.108. The third-order valence-corrected chi connectivity index (χ3v) is 5.05. The van der Waals surface area contributed by atoms with E-state index in [1.54, 1.807) is 17.9 Å². The Morgan fingerprint density at radius 1 is 1.39 bits per heavy atom. The smallest absolute Gasteiger partial charge is 0.150 e. The molecule has 0 amide bonds. The Hall–Kier alpha value is -1.71. The summed E-state index contributed by atoms with van der Waals surface area (Å²) in [6, 6.07) is 3.69. The average Bonchev–Trinajstić information content (AvgIpc) is 2.94. The molecular formula is C17H20F2N2O2. The molecule has 4 nitrogen and oxygen atoms in total. The Balaban J connectivity index is 1.95.